The topological polar surface area (TPSA) is 73.0 Å². The van der Waals surface area contributed by atoms with Gasteiger partial charge in [-0.25, -0.2) is 4.68 Å². The third-order valence-electron chi connectivity index (χ3n) is 2.36. The molecule has 1 aromatic rings. The minimum atomic E-state index is -0.413. The average molecular weight is 236 g/mol. The van der Waals surface area contributed by atoms with Crippen LogP contribution >= 0.6 is 0 Å². The lowest BCUT2D eigenvalue weighted by Gasteiger charge is -2.08. The quantitative estimate of drug-likeness (QED) is 0.480. The van der Waals surface area contributed by atoms with E-state index in [1.807, 2.05) is 6.92 Å². The second kappa shape index (κ2) is 5.34. The van der Waals surface area contributed by atoms with E-state index in [9.17, 15) is 10.1 Å². The maximum absolute atomic E-state index is 11.1. The molecule has 1 rings (SSSR count). The molecule has 0 aliphatic rings. The molecule has 0 fully saturated rings. The van der Waals surface area contributed by atoms with Gasteiger partial charge in [0.1, 0.15) is 5.69 Å². The standard InChI is InChI=1S/C11H16N4O2/c1-5-7-9-10(15(16)17)11(14(4)13-9)12-8(3)6-2/h2,8,12H,5,7H2,1,3-4H3. The van der Waals surface area contributed by atoms with E-state index in [4.69, 9.17) is 6.42 Å². The Balaban J connectivity index is 3.19. The van der Waals surface area contributed by atoms with E-state index in [1.54, 1.807) is 14.0 Å². The average Bonchev–Trinajstić information content (AvgIpc) is 2.56. The summed E-state index contributed by atoms with van der Waals surface area (Å²) in [6.45, 7) is 3.71. The van der Waals surface area contributed by atoms with E-state index in [0.29, 0.717) is 17.9 Å². The molecule has 0 aliphatic carbocycles. The Bertz CT molecular complexity index is 459. The summed E-state index contributed by atoms with van der Waals surface area (Å²) in [5, 5.41) is 18.1. The summed E-state index contributed by atoms with van der Waals surface area (Å²) in [6.07, 6.45) is 6.64. The highest BCUT2D eigenvalue weighted by Crippen LogP contribution is 2.29. The molecule has 0 radical (unpaired) electrons. The highest BCUT2D eigenvalue weighted by Gasteiger charge is 2.26. The van der Waals surface area contributed by atoms with Gasteiger partial charge in [-0.1, -0.05) is 19.3 Å². The van der Waals surface area contributed by atoms with Crippen LogP contribution in [0.4, 0.5) is 11.5 Å². The molecule has 6 nitrogen and oxygen atoms in total. The van der Waals surface area contributed by atoms with E-state index >= 15 is 0 Å². The van der Waals surface area contributed by atoms with Gasteiger partial charge >= 0.3 is 5.69 Å². The molecule has 0 bridgehead atoms. The van der Waals surface area contributed by atoms with Crippen LogP contribution < -0.4 is 5.32 Å². The van der Waals surface area contributed by atoms with Gasteiger partial charge in [-0.15, -0.1) is 6.42 Å². The number of nitro groups is 1. The first-order valence-electron chi connectivity index (χ1n) is 5.44. The maximum Gasteiger partial charge on any atom is 0.334 e. The normalized spacial score (nSPS) is 11.9. The molecular formula is C11H16N4O2. The first kappa shape index (κ1) is 13.0. The molecule has 0 spiro atoms. The van der Waals surface area contributed by atoms with Crippen molar-refractivity contribution in [3.05, 3.63) is 15.8 Å². The minimum Gasteiger partial charge on any atom is -0.351 e. The predicted octanol–water partition coefficient (Wildman–Crippen LogP) is 1.71. The number of terminal acetylenes is 1. The monoisotopic (exact) mass is 236 g/mol. The van der Waals surface area contributed by atoms with Crippen LogP contribution in [0.25, 0.3) is 0 Å². The van der Waals surface area contributed by atoms with Crippen LogP contribution in [0.1, 0.15) is 26.0 Å². The number of aromatic nitrogens is 2. The van der Waals surface area contributed by atoms with E-state index in [0.717, 1.165) is 6.42 Å². The molecule has 92 valence electrons. The van der Waals surface area contributed by atoms with Gasteiger partial charge in [-0.2, -0.15) is 5.10 Å². The van der Waals surface area contributed by atoms with E-state index < -0.39 is 4.92 Å². The Labute approximate surface area is 100 Å². The molecule has 0 aliphatic heterocycles. The molecule has 1 N–H and O–H groups in total. The fraction of sp³-hybridized carbons (Fsp3) is 0.545. The lowest BCUT2D eigenvalue weighted by molar-refractivity contribution is -0.384. The molecule has 0 amide bonds. The highest BCUT2D eigenvalue weighted by molar-refractivity contribution is 5.60. The van der Waals surface area contributed by atoms with Crippen LogP contribution in [0.2, 0.25) is 0 Å². The van der Waals surface area contributed by atoms with Crippen LogP contribution in [0.5, 0.6) is 0 Å². The van der Waals surface area contributed by atoms with E-state index in [1.165, 1.54) is 4.68 Å². The van der Waals surface area contributed by atoms with Gasteiger partial charge in [0.15, 0.2) is 0 Å². The van der Waals surface area contributed by atoms with Crippen molar-refractivity contribution < 1.29 is 4.92 Å². The van der Waals surface area contributed by atoms with Crippen molar-refractivity contribution in [2.24, 2.45) is 7.05 Å². The van der Waals surface area contributed by atoms with Gasteiger partial charge in [0.25, 0.3) is 0 Å². The number of aryl methyl sites for hydroxylation is 2. The number of nitrogens with zero attached hydrogens (tertiary/aromatic N) is 3. The molecule has 1 aromatic heterocycles. The molecule has 1 atom stereocenters. The van der Waals surface area contributed by atoms with Crippen molar-refractivity contribution in [2.75, 3.05) is 5.32 Å². The van der Waals surface area contributed by atoms with Crippen LogP contribution in [0.15, 0.2) is 0 Å². The van der Waals surface area contributed by atoms with Crippen LogP contribution in [-0.4, -0.2) is 20.7 Å². The lowest BCUT2D eigenvalue weighted by Crippen LogP contribution is -2.15. The molecule has 17 heavy (non-hydrogen) atoms. The molecule has 6 heteroatoms. The van der Waals surface area contributed by atoms with Crippen LogP contribution in [-0.2, 0) is 13.5 Å². The van der Waals surface area contributed by atoms with Crippen LogP contribution in [0, 0.1) is 22.5 Å². The summed E-state index contributed by atoms with van der Waals surface area (Å²) in [7, 11) is 1.66. The predicted molar refractivity (Wildman–Crippen MR) is 65.8 cm³/mol. The van der Waals surface area contributed by atoms with Gasteiger partial charge in [0.2, 0.25) is 5.82 Å². The molecule has 0 saturated heterocycles. The molecule has 1 unspecified atom stereocenters. The summed E-state index contributed by atoms with van der Waals surface area (Å²) >= 11 is 0. The van der Waals surface area contributed by atoms with Crippen LogP contribution in [0.3, 0.4) is 0 Å². The number of anilines is 1. The smallest absolute Gasteiger partial charge is 0.334 e. The first-order chi connectivity index (χ1) is 8.01. The zero-order valence-electron chi connectivity index (χ0n) is 10.2. The summed E-state index contributed by atoms with van der Waals surface area (Å²) in [5.74, 6) is 2.84. The van der Waals surface area contributed by atoms with Gasteiger partial charge < -0.3 is 5.32 Å². The first-order valence-corrected chi connectivity index (χ1v) is 5.44. The third kappa shape index (κ3) is 2.75. The Morgan fingerprint density at radius 2 is 2.35 bits per heavy atom. The Hall–Kier alpha value is -2.03. The highest BCUT2D eigenvalue weighted by atomic mass is 16.6. The fourth-order valence-electron chi connectivity index (χ4n) is 1.57. The fourth-order valence-corrected chi connectivity index (χ4v) is 1.57. The van der Waals surface area contributed by atoms with Crippen molar-refractivity contribution >= 4 is 11.5 Å². The van der Waals surface area contributed by atoms with Gasteiger partial charge in [0, 0.05) is 7.05 Å². The van der Waals surface area contributed by atoms with Crippen molar-refractivity contribution in [1.82, 2.24) is 9.78 Å². The van der Waals surface area contributed by atoms with E-state index in [-0.39, 0.29) is 11.7 Å². The summed E-state index contributed by atoms with van der Waals surface area (Å²) in [5.41, 5.74) is 0.517. The van der Waals surface area contributed by atoms with Gasteiger partial charge in [0.05, 0.1) is 11.0 Å². The second-order valence-electron chi connectivity index (χ2n) is 3.81. The summed E-state index contributed by atoms with van der Waals surface area (Å²) in [6, 6.07) is -0.279. The number of hydrogen-bond donors (Lipinski definition) is 1. The number of hydrogen-bond acceptors (Lipinski definition) is 4. The molecule has 0 aromatic carbocycles. The second-order valence-corrected chi connectivity index (χ2v) is 3.81. The Kier molecular flexibility index (Phi) is 4.10. The maximum atomic E-state index is 11.1. The molecule has 0 saturated carbocycles. The number of rotatable bonds is 5. The van der Waals surface area contributed by atoms with E-state index in [2.05, 4.69) is 16.3 Å². The van der Waals surface area contributed by atoms with Gasteiger partial charge in [-0.05, 0) is 13.3 Å². The zero-order chi connectivity index (χ0) is 13.0. The molecular weight excluding hydrogens is 220 g/mol. The van der Waals surface area contributed by atoms with Crippen molar-refractivity contribution in [2.45, 2.75) is 32.7 Å². The lowest BCUT2D eigenvalue weighted by atomic mass is 10.2. The molecule has 1 heterocycles. The minimum absolute atomic E-state index is 0.0245. The zero-order valence-corrected chi connectivity index (χ0v) is 10.2. The largest absolute Gasteiger partial charge is 0.351 e. The SMILES string of the molecule is C#CC(C)Nc1c([N+](=O)[O-])c(CCC)nn1C. The van der Waals surface area contributed by atoms with Crippen molar-refractivity contribution in [3.63, 3.8) is 0 Å². The van der Waals surface area contributed by atoms with Crippen molar-refractivity contribution in [1.29, 1.82) is 0 Å². The Morgan fingerprint density at radius 1 is 1.71 bits per heavy atom. The third-order valence-corrected chi connectivity index (χ3v) is 2.36. The van der Waals surface area contributed by atoms with Gasteiger partial charge in [-0.3, -0.25) is 10.1 Å². The van der Waals surface area contributed by atoms with Crippen molar-refractivity contribution in [3.8, 4) is 12.3 Å². The summed E-state index contributed by atoms with van der Waals surface area (Å²) in [4.78, 5) is 10.6. The number of nitrogens with one attached hydrogen (secondary N) is 1. The Morgan fingerprint density at radius 3 is 2.82 bits per heavy atom. The summed E-state index contributed by atoms with van der Waals surface area (Å²) < 4.78 is 1.47.